The van der Waals surface area contributed by atoms with Crippen LogP contribution in [0.2, 0.25) is 5.02 Å². The molecule has 0 fully saturated rings. The molecule has 0 unspecified atom stereocenters. The van der Waals surface area contributed by atoms with Crippen molar-refractivity contribution in [1.29, 1.82) is 0 Å². The number of ether oxygens (including phenoxy) is 2. The topological polar surface area (TPSA) is 61.3 Å². The summed E-state index contributed by atoms with van der Waals surface area (Å²) in [5, 5.41) is 8.29. The van der Waals surface area contributed by atoms with E-state index in [9.17, 15) is 4.79 Å². The van der Waals surface area contributed by atoms with Gasteiger partial charge in [0.2, 0.25) is 5.01 Å². The van der Waals surface area contributed by atoms with Gasteiger partial charge >= 0.3 is 5.97 Å². The zero-order chi connectivity index (χ0) is 13.0. The van der Waals surface area contributed by atoms with Gasteiger partial charge in [0.15, 0.2) is 0 Å². The lowest BCUT2D eigenvalue weighted by Crippen LogP contribution is -2.03. The number of benzene rings is 1. The van der Waals surface area contributed by atoms with Crippen LogP contribution in [0.15, 0.2) is 24.3 Å². The van der Waals surface area contributed by atoms with Crippen LogP contribution in [0.1, 0.15) is 16.7 Å². The summed E-state index contributed by atoms with van der Waals surface area (Å²) < 4.78 is 10.2. The summed E-state index contributed by atoms with van der Waals surface area (Å²) in [6.45, 7) is 2.01. The molecular formula is C11H9ClN2O3S. The van der Waals surface area contributed by atoms with Crippen LogP contribution in [0.5, 0.6) is 10.9 Å². The molecule has 0 N–H and O–H groups in total. The van der Waals surface area contributed by atoms with Crippen LogP contribution in [0.4, 0.5) is 0 Å². The second-order valence-electron chi connectivity index (χ2n) is 3.13. The molecule has 0 radical (unpaired) electrons. The number of hydrogen-bond acceptors (Lipinski definition) is 6. The largest absolute Gasteiger partial charge is 0.461 e. The highest BCUT2D eigenvalue weighted by atomic mass is 35.5. The first-order valence-electron chi connectivity index (χ1n) is 5.13. The highest BCUT2D eigenvalue weighted by Gasteiger charge is 2.15. The molecule has 94 valence electrons. The van der Waals surface area contributed by atoms with E-state index in [1.165, 1.54) is 0 Å². The van der Waals surface area contributed by atoms with Crippen molar-refractivity contribution in [1.82, 2.24) is 10.2 Å². The van der Waals surface area contributed by atoms with Crippen LogP contribution >= 0.6 is 22.9 Å². The maximum atomic E-state index is 11.4. The predicted molar refractivity (Wildman–Crippen MR) is 67.4 cm³/mol. The Morgan fingerprint density at radius 1 is 1.39 bits per heavy atom. The van der Waals surface area contributed by atoms with E-state index < -0.39 is 5.97 Å². The van der Waals surface area contributed by atoms with Gasteiger partial charge in [-0.05, 0) is 30.4 Å². The van der Waals surface area contributed by atoms with Crippen molar-refractivity contribution in [2.75, 3.05) is 6.61 Å². The number of nitrogens with zero attached hydrogens (tertiary/aromatic N) is 2. The molecule has 2 rings (SSSR count). The number of hydrogen-bond donors (Lipinski definition) is 0. The van der Waals surface area contributed by atoms with Gasteiger partial charge in [-0.15, -0.1) is 5.10 Å². The van der Waals surface area contributed by atoms with Crippen LogP contribution in [-0.4, -0.2) is 22.8 Å². The molecule has 0 spiro atoms. The van der Waals surface area contributed by atoms with Crippen molar-refractivity contribution in [3.8, 4) is 10.9 Å². The first-order chi connectivity index (χ1) is 8.70. The fraction of sp³-hybridized carbons (Fsp3) is 0.182. The van der Waals surface area contributed by atoms with Crippen molar-refractivity contribution in [2.24, 2.45) is 0 Å². The number of rotatable bonds is 4. The molecule has 18 heavy (non-hydrogen) atoms. The molecule has 1 aromatic heterocycles. The average molecular weight is 285 g/mol. The molecular weight excluding hydrogens is 276 g/mol. The Hall–Kier alpha value is -1.66. The summed E-state index contributed by atoms with van der Waals surface area (Å²) in [4.78, 5) is 11.4. The molecule has 0 aliphatic rings. The lowest BCUT2D eigenvalue weighted by atomic mass is 10.3. The maximum Gasteiger partial charge on any atom is 0.369 e. The van der Waals surface area contributed by atoms with Crippen molar-refractivity contribution in [3.63, 3.8) is 0 Å². The summed E-state index contributed by atoms with van der Waals surface area (Å²) in [6, 6.07) is 6.98. The van der Waals surface area contributed by atoms with Gasteiger partial charge < -0.3 is 9.47 Å². The lowest BCUT2D eigenvalue weighted by Gasteiger charge is -2.01. The minimum Gasteiger partial charge on any atom is -0.461 e. The van der Waals surface area contributed by atoms with Gasteiger partial charge in [0.1, 0.15) is 5.75 Å². The Balaban J connectivity index is 2.12. The predicted octanol–water partition coefficient (Wildman–Crippen LogP) is 3.16. The Labute approximate surface area is 112 Å². The third-order valence-corrected chi connectivity index (χ3v) is 2.98. The molecule has 1 heterocycles. The number of halogens is 1. The first-order valence-corrected chi connectivity index (χ1v) is 6.33. The minimum absolute atomic E-state index is 0.152. The Morgan fingerprint density at radius 2 is 2.17 bits per heavy atom. The first kappa shape index (κ1) is 12.8. The van der Waals surface area contributed by atoms with E-state index in [4.69, 9.17) is 21.1 Å². The van der Waals surface area contributed by atoms with Crippen LogP contribution in [0, 0.1) is 0 Å². The number of carbonyl (C=O) groups is 1. The van der Waals surface area contributed by atoms with Crippen LogP contribution in [0.25, 0.3) is 0 Å². The fourth-order valence-corrected chi connectivity index (χ4v) is 1.92. The quantitative estimate of drug-likeness (QED) is 0.807. The second-order valence-corrected chi connectivity index (χ2v) is 4.47. The van der Waals surface area contributed by atoms with Crippen molar-refractivity contribution in [2.45, 2.75) is 6.92 Å². The van der Waals surface area contributed by atoms with Gasteiger partial charge in [0.25, 0.3) is 5.19 Å². The summed E-state index contributed by atoms with van der Waals surface area (Å²) in [6.07, 6.45) is 0. The third-order valence-electron chi connectivity index (χ3n) is 1.89. The van der Waals surface area contributed by atoms with Gasteiger partial charge in [-0.2, -0.15) is 0 Å². The van der Waals surface area contributed by atoms with Crippen molar-refractivity contribution < 1.29 is 14.3 Å². The van der Waals surface area contributed by atoms with Gasteiger partial charge in [-0.3, -0.25) is 0 Å². The van der Waals surface area contributed by atoms with Crippen LogP contribution in [0.3, 0.4) is 0 Å². The van der Waals surface area contributed by atoms with Crippen molar-refractivity contribution >= 4 is 28.9 Å². The molecule has 0 saturated carbocycles. The Kier molecular flexibility index (Phi) is 4.11. The molecule has 5 nitrogen and oxygen atoms in total. The van der Waals surface area contributed by atoms with Gasteiger partial charge in [0, 0.05) is 0 Å². The molecule has 0 saturated heterocycles. The summed E-state index contributed by atoms with van der Waals surface area (Å²) in [7, 11) is 0. The molecule has 0 atom stereocenters. The van der Waals surface area contributed by atoms with E-state index in [-0.39, 0.29) is 10.2 Å². The summed E-state index contributed by atoms with van der Waals surface area (Å²) in [5.74, 6) is -0.0465. The average Bonchev–Trinajstić information content (AvgIpc) is 2.81. The van der Waals surface area contributed by atoms with E-state index >= 15 is 0 Å². The lowest BCUT2D eigenvalue weighted by molar-refractivity contribution is 0.0525. The monoisotopic (exact) mass is 284 g/mol. The third kappa shape index (κ3) is 2.96. The van der Waals surface area contributed by atoms with Crippen LogP contribution < -0.4 is 4.74 Å². The summed E-state index contributed by atoms with van der Waals surface area (Å²) >= 11 is 6.94. The Morgan fingerprint density at radius 3 is 2.89 bits per heavy atom. The maximum absolute atomic E-state index is 11.4. The molecule has 0 aliphatic heterocycles. The normalized spacial score (nSPS) is 10.1. The SMILES string of the molecule is CCOC(=O)c1nnc(Oc2ccccc2Cl)s1. The minimum atomic E-state index is -0.510. The van der Waals surface area contributed by atoms with Gasteiger partial charge in [-0.25, -0.2) is 4.79 Å². The zero-order valence-electron chi connectivity index (χ0n) is 9.42. The molecule has 0 aliphatic carbocycles. The van der Waals surface area contributed by atoms with Gasteiger partial charge in [0.05, 0.1) is 11.6 Å². The van der Waals surface area contributed by atoms with Crippen molar-refractivity contribution in [3.05, 3.63) is 34.3 Å². The number of carbonyl (C=O) groups excluding carboxylic acids is 1. The number of aromatic nitrogens is 2. The van der Waals surface area contributed by atoms with E-state index in [0.717, 1.165) is 11.3 Å². The molecule has 0 amide bonds. The standard InChI is InChI=1S/C11H9ClN2O3S/c1-2-16-10(15)9-13-14-11(18-9)17-8-6-4-3-5-7(8)12/h3-6H,2H2,1H3. The highest BCUT2D eigenvalue weighted by Crippen LogP contribution is 2.30. The molecule has 1 aromatic carbocycles. The molecule has 2 aromatic rings. The number of para-hydroxylation sites is 1. The smallest absolute Gasteiger partial charge is 0.369 e. The molecule has 7 heteroatoms. The van der Waals surface area contributed by atoms with E-state index in [1.54, 1.807) is 31.2 Å². The van der Waals surface area contributed by atoms with E-state index in [1.807, 2.05) is 0 Å². The number of esters is 1. The second kappa shape index (κ2) is 5.79. The van der Waals surface area contributed by atoms with Gasteiger partial charge in [-0.1, -0.05) is 28.8 Å². The molecule has 0 bridgehead atoms. The summed E-state index contributed by atoms with van der Waals surface area (Å²) in [5.41, 5.74) is 0. The Bertz CT molecular complexity index is 559. The zero-order valence-corrected chi connectivity index (χ0v) is 11.0. The fourth-order valence-electron chi connectivity index (χ4n) is 1.15. The van der Waals surface area contributed by atoms with E-state index in [2.05, 4.69) is 10.2 Å². The van der Waals surface area contributed by atoms with E-state index in [0.29, 0.717) is 17.4 Å². The highest BCUT2D eigenvalue weighted by molar-refractivity contribution is 7.14. The van der Waals surface area contributed by atoms with Crippen LogP contribution in [-0.2, 0) is 4.74 Å².